The molecule has 0 heterocycles. The number of rotatable bonds is 15. The number of unbranched alkanes of at least 4 members (excludes halogenated alkanes) is 6. The number of phenols is 1. The Bertz CT molecular complexity index is 515. The highest BCUT2D eigenvalue weighted by Gasteiger charge is 2.09. The Kier molecular flexibility index (Phi) is 12.6. The number of nitrogens with zero attached hydrogens (tertiary/aromatic N) is 1. The van der Waals surface area contributed by atoms with Crippen LogP contribution in [0.1, 0.15) is 83.0 Å². The van der Waals surface area contributed by atoms with E-state index in [0.717, 1.165) is 24.7 Å². The van der Waals surface area contributed by atoms with Gasteiger partial charge in [0.1, 0.15) is 5.75 Å². The summed E-state index contributed by atoms with van der Waals surface area (Å²) in [6.45, 7) is 13.3. The summed E-state index contributed by atoms with van der Waals surface area (Å²) in [6, 6.07) is 6.17. The van der Waals surface area contributed by atoms with Crippen LogP contribution in [0.4, 0.5) is 0 Å². The highest BCUT2D eigenvalue weighted by Crippen LogP contribution is 2.12. The first-order chi connectivity index (χ1) is 13.4. The van der Waals surface area contributed by atoms with Crippen molar-refractivity contribution in [2.45, 2.75) is 72.6 Å². The molecule has 28 heavy (non-hydrogen) atoms. The second-order valence-electron chi connectivity index (χ2n) is 8.70. The third-order valence-electron chi connectivity index (χ3n) is 4.70. The van der Waals surface area contributed by atoms with Crippen molar-refractivity contribution in [3.8, 4) is 5.75 Å². The minimum atomic E-state index is -0.313. The highest BCUT2D eigenvalue weighted by molar-refractivity contribution is 5.89. The second-order valence-corrected chi connectivity index (χ2v) is 8.70. The van der Waals surface area contributed by atoms with Crippen molar-refractivity contribution in [3.63, 3.8) is 0 Å². The zero-order valence-corrected chi connectivity index (χ0v) is 18.5. The van der Waals surface area contributed by atoms with E-state index in [1.165, 1.54) is 63.9 Å². The molecule has 1 N–H and O–H groups in total. The van der Waals surface area contributed by atoms with Crippen LogP contribution in [0.5, 0.6) is 5.75 Å². The number of ether oxygens (including phenoxy) is 1. The Labute approximate surface area is 172 Å². The van der Waals surface area contributed by atoms with Crippen LogP contribution in [-0.4, -0.2) is 42.2 Å². The monoisotopic (exact) mass is 391 g/mol. The summed E-state index contributed by atoms with van der Waals surface area (Å²) in [7, 11) is 0. The Hall–Kier alpha value is -1.55. The fraction of sp³-hybridized carbons (Fsp3) is 0.708. The van der Waals surface area contributed by atoms with E-state index in [2.05, 4.69) is 32.6 Å². The van der Waals surface area contributed by atoms with E-state index in [1.807, 2.05) is 0 Å². The maximum Gasteiger partial charge on any atom is 0.338 e. The summed E-state index contributed by atoms with van der Waals surface area (Å²) in [6.07, 6.45) is 8.39. The average molecular weight is 392 g/mol. The van der Waals surface area contributed by atoms with E-state index in [-0.39, 0.29) is 11.7 Å². The Morgan fingerprint density at radius 2 is 1.36 bits per heavy atom. The number of phenolic OH excluding ortho intramolecular Hbond substituents is 1. The van der Waals surface area contributed by atoms with Crippen molar-refractivity contribution in [1.82, 2.24) is 4.90 Å². The maximum absolute atomic E-state index is 11.8. The van der Waals surface area contributed by atoms with E-state index < -0.39 is 0 Å². The molecule has 0 saturated heterocycles. The summed E-state index contributed by atoms with van der Waals surface area (Å²) in [4.78, 5) is 14.5. The smallest absolute Gasteiger partial charge is 0.338 e. The van der Waals surface area contributed by atoms with Gasteiger partial charge < -0.3 is 14.7 Å². The molecule has 0 aliphatic carbocycles. The van der Waals surface area contributed by atoms with Gasteiger partial charge in [-0.25, -0.2) is 4.79 Å². The fourth-order valence-corrected chi connectivity index (χ4v) is 3.46. The number of carbonyl (C=O) groups is 1. The van der Waals surface area contributed by atoms with Gasteiger partial charge >= 0.3 is 5.97 Å². The quantitative estimate of drug-likeness (QED) is 0.299. The summed E-state index contributed by atoms with van der Waals surface area (Å²) < 4.78 is 5.28. The molecule has 160 valence electrons. The van der Waals surface area contributed by atoms with Crippen molar-refractivity contribution < 1.29 is 14.6 Å². The average Bonchev–Trinajstić information content (AvgIpc) is 2.62. The molecule has 0 amide bonds. The van der Waals surface area contributed by atoms with Crippen LogP contribution in [0.3, 0.4) is 0 Å². The Morgan fingerprint density at radius 3 is 1.89 bits per heavy atom. The van der Waals surface area contributed by atoms with Crippen LogP contribution in [0.25, 0.3) is 0 Å². The van der Waals surface area contributed by atoms with Gasteiger partial charge in [-0.05, 0) is 55.5 Å². The zero-order valence-electron chi connectivity index (χ0n) is 18.5. The molecule has 0 fully saturated rings. The van der Waals surface area contributed by atoms with E-state index in [1.54, 1.807) is 12.1 Å². The second kappa shape index (κ2) is 14.4. The number of carbonyl (C=O) groups excluding carboxylic acids is 1. The van der Waals surface area contributed by atoms with E-state index in [4.69, 9.17) is 4.74 Å². The molecule has 0 atom stereocenters. The van der Waals surface area contributed by atoms with Crippen LogP contribution >= 0.6 is 0 Å². The van der Waals surface area contributed by atoms with E-state index >= 15 is 0 Å². The molecule has 0 saturated carbocycles. The Morgan fingerprint density at radius 1 is 0.857 bits per heavy atom. The van der Waals surface area contributed by atoms with Gasteiger partial charge in [-0.3, -0.25) is 0 Å². The fourth-order valence-electron chi connectivity index (χ4n) is 3.46. The molecule has 0 aliphatic rings. The maximum atomic E-state index is 11.8. The van der Waals surface area contributed by atoms with Gasteiger partial charge in [0.2, 0.25) is 0 Å². The van der Waals surface area contributed by atoms with Gasteiger partial charge in [-0.2, -0.15) is 0 Å². The lowest BCUT2D eigenvalue weighted by molar-refractivity contribution is 0.0497. The molecule has 0 unspecified atom stereocenters. The predicted octanol–water partition coefficient (Wildman–Crippen LogP) is 5.89. The van der Waals surface area contributed by atoms with Crippen molar-refractivity contribution in [3.05, 3.63) is 29.8 Å². The molecule has 0 bridgehead atoms. The van der Waals surface area contributed by atoms with E-state index in [0.29, 0.717) is 12.2 Å². The molecule has 1 aromatic rings. The van der Waals surface area contributed by atoms with Crippen LogP contribution in [-0.2, 0) is 4.74 Å². The SMILES string of the molecule is CC(C)CN(CCCCCCCCCOC(=O)c1ccc(O)cc1)CC(C)C. The zero-order chi connectivity index (χ0) is 20.8. The van der Waals surface area contributed by atoms with E-state index in [9.17, 15) is 9.90 Å². The molecular weight excluding hydrogens is 350 g/mol. The van der Waals surface area contributed by atoms with Gasteiger partial charge in [0.25, 0.3) is 0 Å². The Balaban J connectivity index is 1.99. The minimum Gasteiger partial charge on any atom is -0.508 e. The summed E-state index contributed by atoms with van der Waals surface area (Å²) >= 11 is 0. The molecular formula is C24H41NO3. The third kappa shape index (κ3) is 12.0. The number of hydrogen-bond acceptors (Lipinski definition) is 4. The molecule has 0 aliphatic heterocycles. The standard InChI is InChI=1S/C24H41NO3/c1-20(2)18-25(19-21(3)4)16-10-8-6-5-7-9-11-17-28-24(27)22-12-14-23(26)15-13-22/h12-15,20-21,26H,5-11,16-19H2,1-4H3. The first-order valence-corrected chi connectivity index (χ1v) is 11.1. The summed E-state index contributed by atoms with van der Waals surface area (Å²) in [5, 5.41) is 9.23. The number of hydrogen-bond donors (Lipinski definition) is 1. The first kappa shape index (κ1) is 24.5. The first-order valence-electron chi connectivity index (χ1n) is 11.1. The van der Waals surface area contributed by atoms with Gasteiger partial charge in [-0.1, -0.05) is 59.8 Å². The lowest BCUT2D eigenvalue weighted by Gasteiger charge is -2.26. The molecule has 1 rings (SSSR count). The van der Waals surface area contributed by atoms with Crippen molar-refractivity contribution in [2.24, 2.45) is 11.8 Å². The van der Waals surface area contributed by atoms with Gasteiger partial charge in [0.15, 0.2) is 0 Å². The molecule has 0 aromatic heterocycles. The lowest BCUT2D eigenvalue weighted by atomic mass is 10.1. The van der Waals surface area contributed by atoms with Crippen LogP contribution < -0.4 is 0 Å². The molecule has 0 spiro atoms. The molecule has 0 radical (unpaired) electrons. The number of aromatic hydroxyl groups is 1. The van der Waals surface area contributed by atoms with Gasteiger partial charge in [0, 0.05) is 13.1 Å². The van der Waals surface area contributed by atoms with Gasteiger partial charge in [-0.15, -0.1) is 0 Å². The summed E-state index contributed by atoms with van der Waals surface area (Å²) in [5.74, 6) is 1.32. The molecule has 4 heteroatoms. The van der Waals surface area contributed by atoms with Crippen molar-refractivity contribution in [1.29, 1.82) is 0 Å². The molecule has 4 nitrogen and oxygen atoms in total. The van der Waals surface area contributed by atoms with Crippen LogP contribution in [0.15, 0.2) is 24.3 Å². The lowest BCUT2D eigenvalue weighted by Crippen LogP contribution is -2.32. The third-order valence-corrected chi connectivity index (χ3v) is 4.70. The predicted molar refractivity (Wildman–Crippen MR) is 117 cm³/mol. The summed E-state index contributed by atoms with van der Waals surface area (Å²) in [5.41, 5.74) is 0.488. The number of esters is 1. The topological polar surface area (TPSA) is 49.8 Å². The van der Waals surface area contributed by atoms with Crippen molar-refractivity contribution >= 4 is 5.97 Å². The van der Waals surface area contributed by atoms with Crippen molar-refractivity contribution in [2.75, 3.05) is 26.2 Å². The van der Waals surface area contributed by atoms with Crippen LogP contribution in [0.2, 0.25) is 0 Å². The normalized spacial score (nSPS) is 11.5. The largest absolute Gasteiger partial charge is 0.508 e. The number of benzene rings is 1. The van der Waals surface area contributed by atoms with Crippen LogP contribution in [0, 0.1) is 11.8 Å². The minimum absolute atomic E-state index is 0.157. The highest BCUT2D eigenvalue weighted by atomic mass is 16.5. The molecule has 1 aromatic carbocycles. The van der Waals surface area contributed by atoms with Gasteiger partial charge in [0.05, 0.1) is 12.2 Å².